The molecule has 14 heavy (non-hydrogen) atoms. The van der Waals surface area contributed by atoms with Crippen LogP contribution in [0.3, 0.4) is 0 Å². The van der Waals surface area contributed by atoms with Crippen LogP contribution in [0.4, 0.5) is 0 Å². The topological polar surface area (TPSA) is 0 Å². The molecular formula is C13H13Cl. The Morgan fingerprint density at radius 1 is 1.07 bits per heavy atom. The lowest BCUT2D eigenvalue weighted by atomic mass is 9.98. The third-order valence-corrected chi connectivity index (χ3v) is 2.80. The average Bonchev–Trinajstić information content (AvgIpc) is 2.17. The van der Waals surface area contributed by atoms with E-state index in [1.807, 2.05) is 6.92 Å². The van der Waals surface area contributed by atoms with Crippen LogP contribution in [0.1, 0.15) is 23.4 Å². The monoisotopic (exact) mass is 204 g/mol. The largest absolute Gasteiger partial charge is 0.118 e. The molecule has 0 spiro atoms. The standard InChI is InChI=1S/C13H13Cl/c1-9-7-8-11-5-3-4-6-12(11)13(9)10(2)14/h3-8,10H,1-2H3. The molecule has 0 saturated carbocycles. The zero-order valence-corrected chi connectivity index (χ0v) is 9.18. The zero-order chi connectivity index (χ0) is 10.1. The van der Waals surface area contributed by atoms with Gasteiger partial charge in [-0.3, -0.25) is 0 Å². The second-order valence-corrected chi connectivity index (χ2v) is 4.29. The fourth-order valence-corrected chi connectivity index (χ4v) is 2.22. The molecule has 1 atom stereocenters. The van der Waals surface area contributed by atoms with E-state index in [0.29, 0.717) is 0 Å². The molecular weight excluding hydrogens is 192 g/mol. The van der Waals surface area contributed by atoms with Crippen molar-refractivity contribution in [2.45, 2.75) is 19.2 Å². The first-order valence-corrected chi connectivity index (χ1v) is 5.26. The van der Waals surface area contributed by atoms with E-state index >= 15 is 0 Å². The Balaban J connectivity index is 2.83. The number of benzene rings is 2. The number of halogens is 1. The van der Waals surface area contributed by atoms with E-state index in [9.17, 15) is 0 Å². The van der Waals surface area contributed by atoms with Crippen LogP contribution in [-0.2, 0) is 0 Å². The molecule has 0 N–H and O–H groups in total. The summed E-state index contributed by atoms with van der Waals surface area (Å²) in [6, 6.07) is 12.7. The van der Waals surface area contributed by atoms with Gasteiger partial charge in [0.25, 0.3) is 0 Å². The van der Waals surface area contributed by atoms with E-state index in [1.54, 1.807) is 0 Å². The second kappa shape index (κ2) is 3.62. The van der Waals surface area contributed by atoms with Crippen molar-refractivity contribution in [2.24, 2.45) is 0 Å². The number of rotatable bonds is 1. The van der Waals surface area contributed by atoms with Gasteiger partial charge in [-0.25, -0.2) is 0 Å². The molecule has 0 fully saturated rings. The zero-order valence-electron chi connectivity index (χ0n) is 8.42. The Bertz CT molecular complexity index is 458. The predicted molar refractivity (Wildman–Crippen MR) is 63.0 cm³/mol. The third-order valence-electron chi connectivity index (χ3n) is 2.59. The van der Waals surface area contributed by atoms with Gasteiger partial charge in [0.15, 0.2) is 0 Å². The van der Waals surface area contributed by atoms with Crippen LogP contribution >= 0.6 is 11.6 Å². The summed E-state index contributed by atoms with van der Waals surface area (Å²) in [6.45, 7) is 4.14. The summed E-state index contributed by atoms with van der Waals surface area (Å²) in [7, 11) is 0. The van der Waals surface area contributed by atoms with Gasteiger partial charge in [0.2, 0.25) is 0 Å². The SMILES string of the molecule is Cc1ccc2ccccc2c1C(C)Cl. The molecule has 0 saturated heterocycles. The lowest BCUT2D eigenvalue weighted by Gasteiger charge is -2.11. The van der Waals surface area contributed by atoms with Gasteiger partial charge < -0.3 is 0 Å². The van der Waals surface area contributed by atoms with Crippen molar-refractivity contribution in [3.8, 4) is 0 Å². The van der Waals surface area contributed by atoms with Crippen LogP contribution in [0.15, 0.2) is 36.4 Å². The molecule has 1 unspecified atom stereocenters. The van der Waals surface area contributed by atoms with Crippen LogP contribution in [0, 0.1) is 6.92 Å². The number of fused-ring (bicyclic) bond motifs is 1. The first-order valence-electron chi connectivity index (χ1n) is 4.82. The second-order valence-electron chi connectivity index (χ2n) is 3.63. The van der Waals surface area contributed by atoms with Crippen molar-refractivity contribution in [3.63, 3.8) is 0 Å². The van der Waals surface area contributed by atoms with Crippen LogP contribution in [0.5, 0.6) is 0 Å². The van der Waals surface area contributed by atoms with Gasteiger partial charge in [-0.2, -0.15) is 0 Å². The summed E-state index contributed by atoms with van der Waals surface area (Å²) < 4.78 is 0. The molecule has 0 radical (unpaired) electrons. The van der Waals surface area contributed by atoms with Crippen LogP contribution in [-0.4, -0.2) is 0 Å². The first-order chi connectivity index (χ1) is 6.70. The maximum absolute atomic E-state index is 6.19. The average molecular weight is 205 g/mol. The normalized spacial score (nSPS) is 13.1. The fraction of sp³-hybridized carbons (Fsp3) is 0.231. The van der Waals surface area contributed by atoms with Crippen molar-refractivity contribution in [2.75, 3.05) is 0 Å². The van der Waals surface area contributed by atoms with Gasteiger partial charge in [0.1, 0.15) is 0 Å². The summed E-state index contributed by atoms with van der Waals surface area (Å²) in [5.74, 6) is 0. The molecule has 72 valence electrons. The van der Waals surface area contributed by atoms with Crippen LogP contribution < -0.4 is 0 Å². The summed E-state index contributed by atoms with van der Waals surface area (Å²) in [5.41, 5.74) is 2.52. The molecule has 0 aliphatic heterocycles. The van der Waals surface area contributed by atoms with E-state index in [-0.39, 0.29) is 5.38 Å². The van der Waals surface area contributed by atoms with Gasteiger partial charge >= 0.3 is 0 Å². The minimum absolute atomic E-state index is 0.0705. The highest BCUT2D eigenvalue weighted by atomic mass is 35.5. The van der Waals surface area contributed by atoms with E-state index in [2.05, 4.69) is 43.3 Å². The number of hydrogen-bond acceptors (Lipinski definition) is 0. The van der Waals surface area contributed by atoms with Crippen molar-refractivity contribution in [3.05, 3.63) is 47.5 Å². The fourth-order valence-electron chi connectivity index (χ4n) is 1.93. The molecule has 0 heterocycles. The van der Waals surface area contributed by atoms with Crippen molar-refractivity contribution in [1.29, 1.82) is 0 Å². The molecule has 0 aliphatic rings. The quantitative estimate of drug-likeness (QED) is 0.603. The molecule has 2 rings (SSSR count). The maximum atomic E-state index is 6.19. The lowest BCUT2D eigenvalue weighted by Crippen LogP contribution is -1.91. The Morgan fingerprint density at radius 2 is 1.79 bits per heavy atom. The first kappa shape index (κ1) is 9.54. The minimum atomic E-state index is 0.0705. The number of hydrogen-bond donors (Lipinski definition) is 0. The highest BCUT2D eigenvalue weighted by Crippen LogP contribution is 2.30. The highest BCUT2D eigenvalue weighted by molar-refractivity contribution is 6.21. The number of aryl methyl sites for hydroxylation is 1. The highest BCUT2D eigenvalue weighted by Gasteiger charge is 2.08. The molecule has 2 aromatic carbocycles. The van der Waals surface area contributed by atoms with Crippen molar-refractivity contribution in [1.82, 2.24) is 0 Å². The smallest absolute Gasteiger partial charge is 0.0565 e. The maximum Gasteiger partial charge on any atom is 0.0565 e. The van der Waals surface area contributed by atoms with Crippen LogP contribution in [0.25, 0.3) is 10.8 Å². The molecule has 0 bridgehead atoms. The molecule has 0 amide bonds. The minimum Gasteiger partial charge on any atom is -0.118 e. The van der Waals surface area contributed by atoms with E-state index in [4.69, 9.17) is 11.6 Å². The Hall–Kier alpha value is -1.01. The van der Waals surface area contributed by atoms with Crippen molar-refractivity contribution < 1.29 is 0 Å². The molecule has 0 nitrogen and oxygen atoms in total. The third kappa shape index (κ3) is 1.51. The summed E-state index contributed by atoms with van der Waals surface area (Å²) in [6.07, 6.45) is 0. The van der Waals surface area contributed by atoms with Gasteiger partial charge in [0, 0.05) is 0 Å². The lowest BCUT2D eigenvalue weighted by molar-refractivity contribution is 1.08. The predicted octanol–water partition coefficient (Wildman–Crippen LogP) is 4.45. The summed E-state index contributed by atoms with van der Waals surface area (Å²) >= 11 is 6.19. The van der Waals surface area contributed by atoms with E-state index in [0.717, 1.165) is 0 Å². The molecule has 0 aromatic heterocycles. The Kier molecular flexibility index (Phi) is 2.47. The molecule has 2 aromatic rings. The Morgan fingerprint density at radius 3 is 2.50 bits per heavy atom. The summed E-state index contributed by atoms with van der Waals surface area (Å²) in [4.78, 5) is 0. The molecule has 1 heteroatoms. The van der Waals surface area contributed by atoms with Crippen LogP contribution in [0.2, 0.25) is 0 Å². The van der Waals surface area contributed by atoms with E-state index in [1.165, 1.54) is 21.9 Å². The Labute approximate surface area is 89.5 Å². The summed E-state index contributed by atoms with van der Waals surface area (Å²) in [5, 5.41) is 2.61. The molecule has 0 aliphatic carbocycles. The van der Waals surface area contributed by atoms with Gasteiger partial charge in [-0.1, -0.05) is 36.4 Å². The van der Waals surface area contributed by atoms with Gasteiger partial charge in [-0.05, 0) is 35.7 Å². The van der Waals surface area contributed by atoms with E-state index < -0.39 is 0 Å². The van der Waals surface area contributed by atoms with Gasteiger partial charge in [-0.15, -0.1) is 11.6 Å². The van der Waals surface area contributed by atoms with Crippen molar-refractivity contribution >= 4 is 22.4 Å². The number of alkyl halides is 1. The van der Waals surface area contributed by atoms with Gasteiger partial charge in [0.05, 0.1) is 5.38 Å².